The molecule has 98 valence electrons. The Labute approximate surface area is 106 Å². The van der Waals surface area contributed by atoms with Gasteiger partial charge in [0.25, 0.3) is 0 Å². The smallest absolute Gasteiger partial charge is 0.166 e. The Morgan fingerprint density at radius 1 is 1.28 bits per heavy atom. The van der Waals surface area contributed by atoms with Gasteiger partial charge in [-0.15, -0.1) is 6.58 Å². The zero-order valence-corrected chi connectivity index (χ0v) is 10.4. The summed E-state index contributed by atoms with van der Waals surface area (Å²) in [5, 5.41) is 0. The van der Waals surface area contributed by atoms with Crippen LogP contribution < -0.4 is 0 Å². The zero-order chi connectivity index (χ0) is 13.8. The standard InChI is InChI=1S/C15H17F3/c1-4-11(3)13(5-2)10-12-6-8-14(9-7-12)15(16,17)18/h5-9,13H,2-4,10H2,1H3. The molecule has 0 nitrogen and oxygen atoms in total. The third-order valence-electron chi connectivity index (χ3n) is 3.00. The lowest BCUT2D eigenvalue weighted by atomic mass is 9.91. The molecule has 3 heteroatoms. The molecule has 0 aliphatic rings. The second-order valence-electron chi connectivity index (χ2n) is 4.25. The average Bonchev–Trinajstić information content (AvgIpc) is 2.34. The van der Waals surface area contributed by atoms with Crippen LogP contribution >= 0.6 is 0 Å². The van der Waals surface area contributed by atoms with Crippen LogP contribution in [0.2, 0.25) is 0 Å². The van der Waals surface area contributed by atoms with Gasteiger partial charge < -0.3 is 0 Å². The van der Waals surface area contributed by atoms with E-state index < -0.39 is 11.7 Å². The summed E-state index contributed by atoms with van der Waals surface area (Å²) in [6, 6.07) is 5.26. The Hall–Kier alpha value is -1.51. The molecule has 0 saturated heterocycles. The van der Waals surface area contributed by atoms with E-state index in [0.29, 0.717) is 6.42 Å². The molecule has 0 aromatic heterocycles. The fourth-order valence-electron chi connectivity index (χ4n) is 1.74. The van der Waals surface area contributed by atoms with Crippen molar-refractivity contribution in [2.75, 3.05) is 0 Å². The van der Waals surface area contributed by atoms with Crippen LogP contribution in [-0.2, 0) is 12.6 Å². The van der Waals surface area contributed by atoms with Crippen molar-refractivity contribution in [2.24, 2.45) is 5.92 Å². The normalized spacial score (nSPS) is 13.1. The predicted molar refractivity (Wildman–Crippen MR) is 68.3 cm³/mol. The van der Waals surface area contributed by atoms with Gasteiger partial charge in [-0.2, -0.15) is 13.2 Å². The molecule has 0 heterocycles. The summed E-state index contributed by atoms with van der Waals surface area (Å²) in [7, 11) is 0. The maximum Gasteiger partial charge on any atom is 0.416 e. The molecule has 0 aliphatic heterocycles. The van der Waals surface area contributed by atoms with Crippen molar-refractivity contribution in [1.82, 2.24) is 0 Å². The SMILES string of the molecule is C=CC(Cc1ccc(C(F)(F)F)cc1)C(=C)CC. The Kier molecular flexibility index (Phi) is 4.76. The molecule has 0 bridgehead atoms. The maximum absolute atomic E-state index is 12.4. The van der Waals surface area contributed by atoms with Crippen molar-refractivity contribution in [1.29, 1.82) is 0 Å². The summed E-state index contributed by atoms with van der Waals surface area (Å²) in [5.41, 5.74) is 1.29. The molecule has 0 aliphatic carbocycles. The third-order valence-corrected chi connectivity index (χ3v) is 3.00. The largest absolute Gasteiger partial charge is 0.416 e. The van der Waals surface area contributed by atoms with Gasteiger partial charge in [0.2, 0.25) is 0 Å². The van der Waals surface area contributed by atoms with Gasteiger partial charge in [-0.25, -0.2) is 0 Å². The molecule has 18 heavy (non-hydrogen) atoms. The molecule has 1 aromatic rings. The van der Waals surface area contributed by atoms with E-state index in [-0.39, 0.29) is 5.92 Å². The second kappa shape index (κ2) is 5.89. The number of rotatable bonds is 5. The number of hydrogen-bond acceptors (Lipinski definition) is 0. The summed E-state index contributed by atoms with van der Waals surface area (Å²) >= 11 is 0. The Morgan fingerprint density at radius 2 is 1.83 bits per heavy atom. The second-order valence-corrected chi connectivity index (χ2v) is 4.25. The van der Waals surface area contributed by atoms with Gasteiger partial charge in [-0.05, 0) is 30.5 Å². The Morgan fingerprint density at radius 3 is 2.22 bits per heavy atom. The number of hydrogen-bond donors (Lipinski definition) is 0. The van der Waals surface area contributed by atoms with E-state index in [0.717, 1.165) is 29.7 Å². The molecular formula is C15H17F3. The molecule has 0 radical (unpaired) electrons. The van der Waals surface area contributed by atoms with E-state index in [2.05, 4.69) is 13.2 Å². The molecule has 0 amide bonds. The number of allylic oxidation sites excluding steroid dienone is 2. The van der Waals surface area contributed by atoms with Gasteiger partial charge in [-0.1, -0.05) is 37.3 Å². The highest BCUT2D eigenvalue weighted by Gasteiger charge is 2.29. The highest BCUT2D eigenvalue weighted by molar-refractivity contribution is 5.26. The first kappa shape index (κ1) is 14.6. The highest BCUT2D eigenvalue weighted by atomic mass is 19.4. The third kappa shape index (κ3) is 3.76. The molecular weight excluding hydrogens is 237 g/mol. The van der Waals surface area contributed by atoms with Crippen LogP contribution in [0.1, 0.15) is 24.5 Å². The first-order valence-electron chi connectivity index (χ1n) is 5.84. The average molecular weight is 254 g/mol. The van der Waals surface area contributed by atoms with Gasteiger partial charge in [0.15, 0.2) is 0 Å². The fourth-order valence-corrected chi connectivity index (χ4v) is 1.74. The van der Waals surface area contributed by atoms with E-state index in [1.165, 1.54) is 12.1 Å². The van der Waals surface area contributed by atoms with Crippen LogP contribution in [0.25, 0.3) is 0 Å². The lowest BCUT2D eigenvalue weighted by Crippen LogP contribution is -2.06. The van der Waals surface area contributed by atoms with Crippen LogP contribution in [0.15, 0.2) is 49.1 Å². The zero-order valence-electron chi connectivity index (χ0n) is 10.4. The molecule has 1 atom stereocenters. The molecule has 1 unspecified atom stereocenters. The molecule has 1 rings (SSSR count). The summed E-state index contributed by atoms with van der Waals surface area (Å²) < 4.78 is 37.2. The van der Waals surface area contributed by atoms with E-state index >= 15 is 0 Å². The lowest BCUT2D eigenvalue weighted by molar-refractivity contribution is -0.137. The first-order valence-corrected chi connectivity index (χ1v) is 5.84. The van der Waals surface area contributed by atoms with Crippen LogP contribution in [0.3, 0.4) is 0 Å². The van der Waals surface area contributed by atoms with Gasteiger partial charge in [0.05, 0.1) is 5.56 Å². The minimum Gasteiger partial charge on any atom is -0.166 e. The maximum atomic E-state index is 12.4. The van der Waals surface area contributed by atoms with Gasteiger partial charge >= 0.3 is 6.18 Å². The summed E-state index contributed by atoms with van der Waals surface area (Å²) in [6.07, 6.45) is -0.988. The summed E-state index contributed by atoms with van der Waals surface area (Å²) in [4.78, 5) is 0. The Bertz CT molecular complexity index is 412. The van der Waals surface area contributed by atoms with Crippen LogP contribution in [0.5, 0.6) is 0 Å². The van der Waals surface area contributed by atoms with Gasteiger partial charge in [0.1, 0.15) is 0 Å². The van der Waals surface area contributed by atoms with Crippen LogP contribution in [0, 0.1) is 5.92 Å². The molecule has 0 N–H and O–H groups in total. The van der Waals surface area contributed by atoms with Crippen LogP contribution in [0.4, 0.5) is 13.2 Å². The quantitative estimate of drug-likeness (QED) is 0.647. The summed E-state index contributed by atoms with van der Waals surface area (Å²) in [5.74, 6) is 0.117. The molecule has 0 spiro atoms. The Balaban J connectivity index is 2.80. The number of benzene rings is 1. The van der Waals surface area contributed by atoms with Crippen molar-refractivity contribution < 1.29 is 13.2 Å². The van der Waals surface area contributed by atoms with E-state index in [1.54, 1.807) is 6.08 Å². The molecule has 1 aromatic carbocycles. The van der Waals surface area contributed by atoms with Gasteiger partial charge in [0, 0.05) is 5.92 Å². The topological polar surface area (TPSA) is 0 Å². The summed E-state index contributed by atoms with van der Waals surface area (Å²) in [6.45, 7) is 9.69. The van der Waals surface area contributed by atoms with Gasteiger partial charge in [-0.3, -0.25) is 0 Å². The van der Waals surface area contributed by atoms with Crippen molar-refractivity contribution in [3.8, 4) is 0 Å². The number of alkyl halides is 3. The minimum atomic E-state index is -4.27. The molecule has 0 fully saturated rings. The van der Waals surface area contributed by atoms with E-state index in [4.69, 9.17) is 0 Å². The minimum absolute atomic E-state index is 0.117. The first-order chi connectivity index (χ1) is 8.38. The van der Waals surface area contributed by atoms with E-state index in [9.17, 15) is 13.2 Å². The monoisotopic (exact) mass is 254 g/mol. The molecule has 0 saturated carbocycles. The number of halogens is 3. The van der Waals surface area contributed by atoms with Crippen molar-refractivity contribution >= 4 is 0 Å². The highest BCUT2D eigenvalue weighted by Crippen LogP contribution is 2.29. The van der Waals surface area contributed by atoms with Crippen molar-refractivity contribution in [3.05, 3.63) is 60.2 Å². The van der Waals surface area contributed by atoms with Crippen molar-refractivity contribution in [3.63, 3.8) is 0 Å². The van der Waals surface area contributed by atoms with Crippen LogP contribution in [-0.4, -0.2) is 0 Å². The van der Waals surface area contributed by atoms with E-state index in [1.807, 2.05) is 6.92 Å². The predicted octanol–water partition coefficient (Wildman–Crippen LogP) is 5.02. The fraction of sp³-hybridized carbons (Fsp3) is 0.333. The lowest BCUT2D eigenvalue weighted by Gasteiger charge is -2.15. The van der Waals surface area contributed by atoms with Crippen molar-refractivity contribution in [2.45, 2.75) is 25.9 Å².